The zero-order chi connectivity index (χ0) is 19.6. The van der Waals surface area contributed by atoms with Crippen molar-refractivity contribution >= 4 is 15.9 Å². The summed E-state index contributed by atoms with van der Waals surface area (Å²) in [5, 5.41) is 0. The number of methoxy groups -OCH3 is 1. The Balaban J connectivity index is 1.94. The Hall–Kier alpha value is -2.32. The van der Waals surface area contributed by atoms with E-state index in [1.807, 2.05) is 6.92 Å². The number of nitrogens with zero attached hydrogens (tertiary/aromatic N) is 2. The zero-order valence-electron chi connectivity index (χ0n) is 15.7. The third-order valence-corrected chi connectivity index (χ3v) is 6.87. The van der Waals surface area contributed by atoms with Gasteiger partial charge in [0.1, 0.15) is 16.4 Å². The number of rotatable bonds is 6. The molecule has 3 rings (SSSR count). The summed E-state index contributed by atoms with van der Waals surface area (Å²) in [5.41, 5.74) is 0.287. The molecular formula is C19H24N2O5S. The van der Waals surface area contributed by atoms with Gasteiger partial charge in [0.25, 0.3) is 5.91 Å². The molecule has 1 saturated heterocycles. The molecule has 0 saturated carbocycles. The van der Waals surface area contributed by atoms with E-state index in [0.717, 1.165) is 12.8 Å². The molecule has 1 aliphatic heterocycles. The number of carbonyl (C=O) groups is 1. The summed E-state index contributed by atoms with van der Waals surface area (Å²) in [6, 6.07) is 7.79. The van der Waals surface area contributed by atoms with Crippen molar-refractivity contribution in [3.63, 3.8) is 0 Å². The fourth-order valence-electron chi connectivity index (χ4n) is 3.18. The number of amides is 1. The second kappa shape index (κ2) is 7.74. The van der Waals surface area contributed by atoms with E-state index in [0.29, 0.717) is 18.8 Å². The van der Waals surface area contributed by atoms with Crippen molar-refractivity contribution in [3.05, 3.63) is 47.9 Å². The van der Waals surface area contributed by atoms with Gasteiger partial charge >= 0.3 is 0 Å². The second-order valence-corrected chi connectivity index (χ2v) is 8.49. The first-order valence-electron chi connectivity index (χ1n) is 8.85. The van der Waals surface area contributed by atoms with Crippen molar-refractivity contribution in [1.29, 1.82) is 0 Å². The molecule has 1 aromatic heterocycles. The number of hydrogen-bond donors (Lipinski definition) is 0. The lowest BCUT2D eigenvalue weighted by Gasteiger charge is -2.24. The van der Waals surface area contributed by atoms with Gasteiger partial charge in [-0.05, 0) is 50.1 Å². The molecule has 0 spiro atoms. The maximum absolute atomic E-state index is 13.0. The van der Waals surface area contributed by atoms with E-state index >= 15 is 0 Å². The molecule has 7 nitrogen and oxygen atoms in total. The van der Waals surface area contributed by atoms with Gasteiger partial charge in [-0.3, -0.25) is 4.79 Å². The van der Waals surface area contributed by atoms with Gasteiger partial charge in [-0.25, -0.2) is 8.42 Å². The third-order valence-electron chi connectivity index (χ3n) is 4.95. The van der Waals surface area contributed by atoms with Crippen LogP contribution >= 0.6 is 0 Å². The molecule has 2 aromatic rings. The molecule has 8 heteroatoms. The van der Waals surface area contributed by atoms with Crippen LogP contribution in [-0.2, 0) is 10.0 Å². The summed E-state index contributed by atoms with van der Waals surface area (Å²) < 4.78 is 38.0. The molecule has 1 fully saturated rings. The van der Waals surface area contributed by atoms with Gasteiger partial charge in [0, 0.05) is 25.7 Å². The Morgan fingerprint density at radius 2 is 1.96 bits per heavy atom. The molecule has 1 unspecified atom stereocenters. The van der Waals surface area contributed by atoms with E-state index in [-0.39, 0.29) is 28.2 Å². The number of ether oxygens (including phenoxy) is 1. The topological polar surface area (TPSA) is 80.1 Å². The summed E-state index contributed by atoms with van der Waals surface area (Å²) >= 11 is 0. The van der Waals surface area contributed by atoms with E-state index in [1.54, 1.807) is 31.5 Å². The van der Waals surface area contributed by atoms with Crippen molar-refractivity contribution in [2.45, 2.75) is 30.7 Å². The highest BCUT2D eigenvalue weighted by molar-refractivity contribution is 7.89. The molecule has 1 amide bonds. The van der Waals surface area contributed by atoms with Crippen LogP contribution in [0.3, 0.4) is 0 Å². The molecule has 27 heavy (non-hydrogen) atoms. The van der Waals surface area contributed by atoms with Crippen LogP contribution in [0.4, 0.5) is 0 Å². The van der Waals surface area contributed by atoms with Crippen LogP contribution in [0.1, 0.15) is 41.9 Å². The fraction of sp³-hybridized carbons (Fsp3) is 0.421. The highest BCUT2D eigenvalue weighted by Gasteiger charge is 2.31. The average molecular weight is 392 g/mol. The average Bonchev–Trinajstić information content (AvgIpc) is 3.39. The fourth-order valence-corrected chi connectivity index (χ4v) is 4.88. The maximum atomic E-state index is 13.0. The minimum absolute atomic E-state index is 0.0248. The van der Waals surface area contributed by atoms with E-state index in [1.165, 1.54) is 28.4 Å². The molecule has 0 aliphatic carbocycles. The highest BCUT2D eigenvalue weighted by Crippen LogP contribution is 2.31. The predicted molar refractivity (Wildman–Crippen MR) is 100 cm³/mol. The Kier molecular flexibility index (Phi) is 5.57. The summed E-state index contributed by atoms with van der Waals surface area (Å²) in [7, 11) is -0.625. The van der Waals surface area contributed by atoms with Gasteiger partial charge in [0.05, 0.1) is 19.4 Å². The van der Waals surface area contributed by atoms with Crippen molar-refractivity contribution in [1.82, 2.24) is 9.21 Å². The van der Waals surface area contributed by atoms with Crippen molar-refractivity contribution < 1.29 is 22.4 Å². The molecule has 1 atom stereocenters. The first-order chi connectivity index (χ1) is 12.9. The van der Waals surface area contributed by atoms with Crippen LogP contribution in [0.25, 0.3) is 0 Å². The maximum Gasteiger partial charge on any atom is 0.254 e. The molecule has 146 valence electrons. The van der Waals surface area contributed by atoms with E-state index in [2.05, 4.69) is 0 Å². The molecule has 2 heterocycles. The molecule has 0 N–H and O–H groups in total. The van der Waals surface area contributed by atoms with Crippen LogP contribution in [-0.4, -0.2) is 50.8 Å². The predicted octanol–water partition coefficient (Wildman–Crippen LogP) is 2.91. The largest absolute Gasteiger partial charge is 0.495 e. The Morgan fingerprint density at radius 3 is 2.56 bits per heavy atom. The SMILES string of the molecule is COc1ccc(C(=O)N(C)C(C)c2ccco2)cc1S(=O)(=O)N1CCCC1. The van der Waals surface area contributed by atoms with Crippen LogP contribution in [0.15, 0.2) is 45.9 Å². The number of benzene rings is 1. The molecule has 1 aromatic carbocycles. The van der Waals surface area contributed by atoms with Gasteiger partial charge in [-0.2, -0.15) is 4.31 Å². The van der Waals surface area contributed by atoms with Crippen LogP contribution < -0.4 is 4.74 Å². The minimum Gasteiger partial charge on any atom is -0.495 e. The van der Waals surface area contributed by atoms with Gasteiger partial charge in [-0.1, -0.05) is 0 Å². The zero-order valence-corrected chi connectivity index (χ0v) is 16.5. The molecule has 1 aliphatic rings. The van der Waals surface area contributed by atoms with Gasteiger partial charge < -0.3 is 14.1 Å². The minimum atomic E-state index is -3.71. The van der Waals surface area contributed by atoms with E-state index in [4.69, 9.17) is 9.15 Å². The molecular weight excluding hydrogens is 368 g/mol. The lowest BCUT2D eigenvalue weighted by Crippen LogP contribution is -2.31. The Bertz CT molecular complexity index is 902. The van der Waals surface area contributed by atoms with Crippen molar-refractivity contribution in [2.75, 3.05) is 27.2 Å². The highest BCUT2D eigenvalue weighted by atomic mass is 32.2. The summed E-state index contributed by atoms with van der Waals surface area (Å²) in [5.74, 6) is 0.601. The third kappa shape index (κ3) is 3.72. The Morgan fingerprint density at radius 1 is 1.26 bits per heavy atom. The number of hydrogen-bond acceptors (Lipinski definition) is 5. The number of carbonyl (C=O) groups excluding carboxylic acids is 1. The normalized spacial score (nSPS) is 16.3. The summed E-state index contributed by atoms with van der Waals surface area (Å²) in [6.45, 7) is 2.82. The van der Waals surface area contributed by atoms with Gasteiger partial charge in [-0.15, -0.1) is 0 Å². The van der Waals surface area contributed by atoms with Gasteiger partial charge in [0.2, 0.25) is 10.0 Å². The quantitative estimate of drug-likeness (QED) is 0.755. The monoisotopic (exact) mass is 392 g/mol. The van der Waals surface area contributed by atoms with E-state index in [9.17, 15) is 13.2 Å². The lowest BCUT2D eigenvalue weighted by molar-refractivity contribution is 0.0726. The lowest BCUT2D eigenvalue weighted by atomic mass is 10.1. The first kappa shape index (κ1) is 19.4. The second-order valence-electron chi connectivity index (χ2n) is 6.58. The molecule has 0 radical (unpaired) electrons. The van der Waals surface area contributed by atoms with Gasteiger partial charge in [0.15, 0.2) is 0 Å². The van der Waals surface area contributed by atoms with Crippen molar-refractivity contribution in [3.8, 4) is 5.75 Å². The smallest absolute Gasteiger partial charge is 0.254 e. The van der Waals surface area contributed by atoms with Crippen LogP contribution in [0.2, 0.25) is 0 Å². The standard InChI is InChI=1S/C19H24N2O5S/c1-14(16-7-6-12-26-16)20(2)19(22)15-8-9-17(25-3)18(13-15)27(23,24)21-10-4-5-11-21/h6-9,12-14H,4-5,10-11H2,1-3H3. The number of furan rings is 1. The number of sulfonamides is 1. The molecule has 0 bridgehead atoms. The van der Waals surface area contributed by atoms with Crippen LogP contribution in [0, 0.1) is 0 Å². The summed E-state index contributed by atoms with van der Waals surface area (Å²) in [4.78, 5) is 14.5. The summed E-state index contributed by atoms with van der Waals surface area (Å²) in [6.07, 6.45) is 3.23. The van der Waals surface area contributed by atoms with Crippen molar-refractivity contribution in [2.24, 2.45) is 0 Å². The van der Waals surface area contributed by atoms with Crippen LogP contribution in [0.5, 0.6) is 5.75 Å². The first-order valence-corrected chi connectivity index (χ1v) is 10.3. The Labute approximate surface area is 159 Å². The van der Waals surface area contributed by atoms with E-state index < -0.39 is 10.0 Å².